The van der Waals surface area contributed by atoms with Crippen LogP contribution in [0, 0.1) is 5.92 Å². The summed E-state index contributed by atoms with van der Waals surface area (Å²) in [5.41, 5.74) is 5.33. The van der Waals surface area contributed by atoms with Gasteiger partial charge in [0.15, 0.2) is 0 Å². The number of hydrogen-bond acceptors (Lipinski definition) is 5. The number of carboxylic acid groups (broad SMARTS) is 2. The van der Waals surface area contributed by atoms with Crippen molar-refractivity contribution in [3.8, 4) is 0 Å². The van der Waals surface area contributed by atoms with Gasteiger partial charge in [0.1, 0.15) is 18.4 Å². The van der Waals surface area contributed by atoms with E-state index >= 15 is 0 Å². The lowest BCUT2D eigenvalue weighted by atomic mass is 10.0. The molecule has 0 spiro atoms. The highest BCUT2D eigenvalue weighted by Crippen LogP contribution is 2.07. The van der Waals surface area contributed by atoms with Gasteiger partial charge in [-0.1, -0.05) is 13.8 Å². The predicted molar refractivity (Wildman–Crippen MR) is 68.7 cm³/mol. The van der Waals surface area contributed by atoms with Gasteiger partial charge < -0.3 is 20.7 Å². The molecule has 110 valence electrons. The Balaban J connectivity index is 4.39. The Bertz CT molecular complexity index is 319. The van der Waals surface area contributed by atoms with Gasteiger partial charge in [0.2, 0.25) is 0 Å². The molecule has 0 aromatic rings. The summed E-state index contributed by atoms with van der Waals surface area (Å²) >= 11 is 0. The first-order valence-corrected chi connectivity index (χ1v) is 6.20. The number of aldehydes is 1. The molecular weight excluding hydrogens is 252 g/mol. The fourth-order valence-electron chi connectivity index (χ4n) is 1.64. The van der Waals surface area contributed by atoms with E-state index in [1.165, 1.54) is 0 Å². The van der Waals surface area contributed by atoms with E-state index in [0.29, 0.717) is 12.7 Å². The van der Waals surface area contributed by atoms with Gasteiger partial charge in [0, 0.05) is 0 Å². The highest BCUT2D eigenvalue weighted by molar-refractivity contribution is 5.74. The number of carbonyl (C=O) groups excluding carboxylic acids is 1. The molecule has 0 bridgehead atoms. The fourth-order valence-corrected chi connectivity index (χ4v) is 1.64. The summed E-state index contributed by atoms with van der Waals surface area (Å²) in [7, 11) is 0. The van der Waals surface area contributed by atoms with E-state index in [1.807, 2.05) is 13.8 Å². The summed E-state index contributed by atoms with van der Waals surface area (Å²) in [5.74, 6) is -1.99. The summed E-state index contributed by atoms with van der Waals surface area (Å²) in [6.45, 7) is 3.77. The topological polar surface area (TPSA) is 130 Å². The third-order valence-electron chi connectivity index (χ3n) is 2.69. The largest absolute Gasteiger partial charge is 0.480 e. The molecule has 0 aliphatic heterocycles. The zero-order valence-corrected chi connectivity index (χ0v) is 11.2. The number of hydrogen-bond donors (Lipinski definition) is 4. The molecule has 0 heterocycles. The normalized spacial score (nSPS) is 15.8. The Kier molecular flexibility index (Phi) is 7.94. The Morgan fingerprint density at radius 3 is 2.16 bits per heavy atom. The highest BCUT2D eigenvalue weighted by Gasteiger charge is 2.23. The molecule has 3 atom stereocenters. The van der Waals surface area contributed by atoms with Crippen molar-refractivity contribution >= 4 is 18.2 Å². The molecule has 0 saturated heterocycles. The summed E-state index contributed by atoms with van der Waals surface area (Å²) in [6.07, 6.45) is 1.29. The number of rotatable bonds is 10. The fraction of sp³-hybridized carbons (Fsp3) is 0.750. The molecule has 0 amide bonds. The molecule has 0 radical (unpaired) electrons. The summed E-state index contributed by atoms with van der Waals surface area (Å²) in [4.78, 5) is 32.5. The number of nitrogens with one attached hydrogen (secondary N) is 1. The average molecular weight is 274 g/mol. The maximum Gasteiger partial charge on any atom is 0.320 e. The lowest BCUT2D eigenvalue weighted by Crippen LogP contribution is -2.45. The van der Waals surface area contributed by atoms with Crippen LogP contribution in [0.3, 0.4) is 0 Å². The summed E-state index contributed by atoms with van der Waals surface area (Å²) in [6, 6.07) is -2.57. The number of aliphatic carboxylic acids is 2. The van der Waals surface area contributed by atoms with Gasteiger partial charge in [-0.3, -0.25) is 14.9 Å². The molecule has 7 heteroatoms. The van der Waals surface area contributed by atoms with E-state index in [2.05, 4.69) is 5.32 Å². The second-order valence-corrected chi connectivity index (χ2v) is 4.95. The predicted octanol–water partition coefficient (Wildman–Crippen LogP) is -0.165. The average Bonchev–Trinajstić information content (AvgIpc) is 2.31. The Hall–Kier alpha value is -1.47. The minimum atomic E-state index is -1.14. The van der Waals surface area contributed by atoms with Crippen molar-refractivity contribution in [2.45, 2.75) is 51.2 Å². The molecule has 1 unspecified atom stereocenters. The SMILES string of the molecule is CC(C)C[C@H](NC(C=O)CC[C@H](N)C(=O)O)C(=O)O. The molecule has 0 aliphatic rings. The minimum absolute atomic E-state index is 0.111. The molecule has 0 rings (SSSR count). The highest BCUT2D eigenvalue weighted by atomic mass is 16.4. The first-order chi connectivity index (χ1) is 8.77. The van der Waals surface area contributed by atoms with E-state index in [9.17, 15) is 14.4 Å². The summed E-state index contributed by atoms with van der Waals surface area (Å²) < 4.78 is 0. The van der Waals surface area contributed by atoms with Crippen molar-refractivity contribution in [1.82, 2.24) is 5.32 Å². The lowest BCUT2D eigenvalue weighted by molar-refractivity contribution is -0.141. The van der Waals surface area contributed by atoms with E-state index in [4.69, 9.17) is 15.9 Å². The van der Waals surface area contributed by atoms with Crippen LogP contribution in [0.5, 0.6) is 0 Å². The zero-order chi connectivity index (χ0) is 15.0. The van der Waals surface area contributed by atoms with Crippen LogP contribution in [0.2, 0.25) is 0 Å². The van der Waals surface area contributed by atoms with Crippen LogP contribution in [0.4, 0.5) is 0 Å². The van der Waals surface area contributed by atoms with Crippen LogP contribution >= 0.6 is 0 Å². The van der Waals surface area contributed by atoms with Crippen molar-refractivity contribution in [3.63, 3.8) is 0 Å². The third-order valence-corrected chi connectivity index (χ3v) is 2.69. The maximum absolute atomic E-state index is 11.0. The van der Waals surface area contributed by atoms with Gasteiger partial charge in [-0.25, -0.2) is 0 Å². The van der Waals surface area contributed by atoms with E-state index < -0.39 is 30.1 Å². The van der Waals surface area contributed by atoms with Crippen LogP contribution in [0.25, 0.3) is 0 Å². The Morgan fingerprint density at radius 2 is 1.79 bits per heavy atom. The number of nitrogens with two attached hydrogens (primary N) is 1. The first kappa shape index (κ1) is 17.5. The summed E-state index contributed by atoms with van der Waals surface area (Å²) in [5, 5.41) is 20.4. The molecule has 0 aromatic carbocycles. The van der Waals surface area contributed by atoms with Gasteiger partial charge in [-0.2, -0.15) is 0 Å². The van der Waals surface area contributed by atoms with Crippen LogP contribution in [-0.2, 0) is 14.4 Å². The molecule has 0 fully saturated rings. The van der Waals surface area contributed by atoms with Crippen LogP contribution in [0.15, 0.2) is 0 Å². The molecule has 0 aromatic heterocycles. The first-order valence-electron chi connectivity index (χ1n) is 6.20. The second-order valence-electron chi connectivity index (χ2n) is 4.95. The number of carbonyl (C=O) groups is 3. The molecule has 5 N–H and O–H groups in total. The van der Waals surface area contributed by atoms with Crippen molar-refractivity contribution in [3.05, 3.63) is 0 Å². The standard InChI is InChI=1S/C12H22N2O5/c1-7(2)5-10(12(18)19)14-8(6-15)3-4-9(13)11(16)17/h6-10,14H,3-5,13H2,1-2H3,(H,16,17)(H,18,19)/t8?,9-,10-/m0/s1. The van der Waals surface area contributed by atoms with E-state index in [-0.39, 0.29) is 18.8 Å². The zero-order valence-electron chi connectivity index (χ0n) is 11.2. The van der Waals surface area contributed by atoms with Gasteiger partial charge in [0.25, 0.3) is 0 Å². The Morgan fingerprint density at radius 1 is 1.21 bits per heavy atom. The Labute approximate surface area is 112 Å². The van der Waals surface area contributed by atoms with Crippen LogP contribution in [-0.4, -0.2) is 46.6 Å². The number of carboxylic acids is 2. The minimum Gasteiger partial charge on any atom is -0.480 e. The van der Waals surface area contributed by atoms with Gasteiger partial charge in [0.05, 0.1) is 6.04 Å². The molecule has 0 saturated carbocycles. The quantitative estimate of drug-likeness (QED) is 0.407. The van der Waals surface area contributed by atoms with Crippen molar-refractivity contribution in [2.24, 2.45) is 11.7 Å². The van der Waals surface area contributed by atoms with Gasteiger partial charge in [-0.05, 0) is 25.2 Å². The van der Waals surface area contributed by atoms with Crippen molar-refractivity contribution in [2.75, 3.05) is 0 Å². The van der Waals surface area contributed by atoms with Crippen LogP contribution < -0.4 is 11.1 Å². The van der Waals surface area contributed by atoms with Gasteiger partial charge in [-0.15, -0.1) is 0 Å². The lowest BCUT2D eigenvalue weighted by Gasteiger charge is -2.21. The maximum atomic E-state index is 11.0. The van der Waals surface area contributed by atoms with Gasteiger partial charge >= 0.3 is 11.9 Å². The third kappa shape index (κ3) is 7.53. The molecule has 0 aliphatic carbocycles. The molecular formula is C12H22N2O5. The van der Waals surface area contributed by atoms with Crippen LogP contribution in [0.1, 0.15) is 33.1 Å². The van der Waals surface area contributed by atoms with Crippen molar-refractivity contribution in [1.29, 1.82) is 0 Å². The second kappa shape index (κ2) is 8.60. The smallest absolute Gasteiger partial charge is 0.320 e. The van der Waals surface area contributed by atoms with E-state index in [0.717, 1.165) is 0 Å². The monoisotopic (exact) mass is 274 g/mol. The van der Waals surface area contributed by atoms with E-state index in [1.54, 1.807) is 0 Å². The van der Waals surface area contributed by atoms with Crippen molar-refractivity contribution < 1.29 is 24.6 Å². The molecule has 19 heavy (non-hydrogen) atoms. The molecule has 7 nitrogen and oxygen atoms in total.